The Kier molecular flexibility index (Phi) is 5.11. The minimum Gasteiger partial charge on any atom is -0.290 e. The first-order valence-corrected chi connectivity index (χ1v) is 10.4. The number of thioether (sulfide) groups is 1. The van der Waals surface area contributed by atoms with Crippen molar-refractivity contribution in [2.75, 3.05) is 24.2 Å². The lowest BCUT2D eigenvalue weighted by molar-refractivity contribution is 0.102. The van der Waals surface area contributed by atoms with Crippen LogP contribution in [0.4, 0.5) is 5.95 Å². The van der Waals surface area contributed by atoms with Gasteiger partial charge < -0.3 is 0 Å². The van der Waals surface area contributed by atoms with Crippen molar-refractivity contribution >= 4 is 33.6 Å². The molecule has 0 unspecified atom stereocenters. The maximum atomic E-state index is 12.5. The Bertz CT molecular complexity index is 873. The van der Waals surface area contributed by atoms with E-state index in [1.165, 1.54) is 28.6 Å². The first kappa shape index (κ1) is 17.9. The summed E-state index contributed by atoms with van der Waals surface area (Å²) < 4.78 is 28.1. The quantitative estimate of drug-likeness (QED) is 0.817. The zero-order valence-corrected chi connectivity index (χ0v) is 15.6. The van der Waals surface area contributed by atoms with E-state index >= 15 is 0 Å². The summed E-state index contributed by atoms with van der Waals surface area (Å²) in [6.45, 7) is 5.13. The Morgan fingerprint density at radius 3 is 2.56 bits per heavy atom. The molecule has 0 atom stereocenters. The highest BCUT2D eigenvalue weighted by molar-refractivity contribution is 7.99. The van der Waals surface area contributed by atoms with Gasteiger partial charge in [-0.2, -0.15) is 4.31 Å². The van der Waals surface area contributed by atoms with Crippen LogP contribution in [0.15, 0.2) is 34.3 Å². The molecule has 0 saturated heterocycles. The van der Waals surface area contributed by atoms with Crippen molar-refractivity contribution in [3.8, 4) is 0 Å². The molecule has 1 N–H and O–H groups in total. The number of anilines is 1. The average Bonchev–Trinajstić information content (AvgIpc) is 3.21. The van der Waals surface area contributed by atoms with Crippen LogP contribution in [-0.2, 0) is 16.6 Å². The van der Waals surface area contributed by atoms with Crippen LogP contribution in [0.1, 0.15) is 24.2 Å². The van der Waals surface area contributed by atoms with Gasteiger partial charge in [0, 0.05) is 31.0 Å². The Morgan fingerprint density at radius 2 is 1.92 bits per heavy atom. The van der Waals surface area contributed by atoms with Gasteiger partial charge in [0.2, 0.25) is 16.0 Å². The molecular formula is C15H19N5O3S2. The monoisotopic (exact) mass is 381 g/mol. The summed E-state index contributed by atoms with van der Waals surface area (Å²) in [6, 6.07) is 5.91. The van der Waals surface area contributed by atoms with Gasteiger partial charge in [-0.3, -0.25) is 14.7 Å². The predicted molar refractivity (Wildman–Crippen MR) is 95.2 cm³/mol. The maximum absolute atomic E-state index is 12.5. The summed E-state index contributed by atoms with van der Waals surface area (Å²) in [5.41, 5.74) is 0.362. The number of hydrogen-bond donors (Lipinski definition) is 1. The molecule has 134 valence electrons. The second kappa shape index (κ2) is 7.14. The number of sulfonamides is 1. The van der Waals surface area contributed by atoms with E-state index in [0.29, 0.717) is 24.6 Å². The van der Waals surface area contributed by atoms with Crippen molar-refractivity contribution in [3.05, 3.63) is 29.8 Å². The molecule has 2 aromatic rings. The van der Waals surface area contributed by atoms with E-state index in [0.717, 1.165) is 17.5 Å². The number of carbonyl (C=O) groups excluding carboxylic acids is 1. The van der Waals surface area contributed by atoms with Crippen molar-refractivity contribution < 1.29 is 13.2 Å². The van der Waals surface area contributed by atoms with Crippen LogP contribution >= 0.6 is 11.8 Å². The van der Waals surface area contributed by atoms with E-state index in [1.807, 2.05) is 4.57 Å². The number of nitrogens with zero attached hydrogens (tertiary/aromatic N) is 4. The highest BCUT2D eigenvalue weighted by atomic mass is 32.2. The fraction of sp³-hybridized carbons (Fsp3) is 0.400. The lowest BCUT2D eigenvalue weighted by atomic mass is 10.2. The second-order valence-electron chi connectivity index (χ2n) is 5.37. The maximum Gasteiger partial charge on any atom is 0.258 e. The van der Waals surface area contributed by atoms with Gasteiger partial charge in [-0.1, -0.05) is 25.6 Å². The molecule has 2 heterocycles. The van der Waals surface area contributed by atoms with Crippen LogP contribution in [0.25, 0.3) is 0 Å². The SMILES string of the molecule is CCN(CC)S(=O)(=O)c1ccc(C(=O)Nc2nnc3n2CCS3)cc1. The summed E-state index contributed by atoms with van der Waals surface area (Å²) >= 11 is 1.59. The normalized spacial score (nSPS) is 13.9. The van der Waals surface area contributed by atoms with Crippen molar-refractivity contribution in [1.29, 1.82) is 0 Å². The Hall–Kier alpha value is -1.91. The summed E-state index contributed by atoms with van der Waals surface area (Å²) in [6.07, 6.45) is 0. The molecule has 1 aliphatic rings. The number of nitrogens with one attached hydrogen (secondary N) is 1. The van der Waals surface area contributed by atoms with Crippen molar-refractivity contribution in [2.45, 2.75) is 30.4 Å². The number of benzene rings is 1. The molecule has 8 nitrogen and oxygen atoms in total. The lowest BCUT2D eigenvalue weighted by Gasteiger charge is -2.18. The van der Waals surface area contributed by atoms with E-state index in [9.17, 15) is 13.2 Å². The van der Waals surface area contributed by atoms with Crippen molar-refractivity contribution in [1.82, 2.24) is 19.1 Å². The smallest absolute Gasteiger partial charge is 0.258 e. The van der Waals surface area contributed by atoms with E-state index in [4.69, 9.17) is 0 Å². The minimum atomic E-state index is -3.53. The summed E-state index contributed by atoms with van der Waals surface area (Å²) in [4.78, 5) is 12.5. The number of amides is 1. The molecule has 3 rings (SSSR count). The molecule has 0 spiro atoms. The van der Waals surface area contributed by atoms with Crippen molar-refractivity contribution in [3.63, 3.8) is 0 Å². The van der Waals surface area contributed by atoms with Crippen LogP contribution in [0.5, 0.6) is 0 Å². The van der Waals surface area contributed by atoms with E-state index in [1.54, 1.807) is 25.6 Å². The topological polar surface area (TPSA) is 97.2 Å². The molecule has 1 aliphatic heterocycles. The number of hydrogen-bond acceptors (Lipinski definition) is 6. The van der Waals surface area contributed by atoms with Crippen LogP contribution in [0, 0.1) is 0 Å². The predicted octanol–water partition coefficient (Wildman–Crippen LogP) is 1.67. The molecule has 0 bridgehead atoms. The number of carbonyl (C=O) groups is 1. The second-order valence-corrected chi connectivity index (χ2v) is 8.37. The van der Waals surface area contributed by atoms with Gasteiger partial charge in [0.25, 0.3) is 5.91 Å². The minimum absolute atomic E-state index is 0.174. The summed E-state index contributed by atoms with van der Waals surface area (Å²) in [5.74, 6) is 0.967. The molecule has 0 aliphatic carbocycles. The third-order valence-electron chi connectivity index (χ3n) is 3.95. The lowest BCUT2D eigenvalue weighted by Crippen LogP contribution is -2.30. The zero-order valence-electron chi connectivity index (χ0n) is 14.0. The molecule has 10 heteroatoms. The first-order valence-electron chi connectivity index (χ1n) is 7.95. The molecule has 25 heavy (non-hydrogen) atoms. The zero-order chi connectivity index (χ0) is 18.0. The van der Waals surface area contributed by atoms with Gasteiger partial charge in [-0.15, -0.1) is 10.2 Å². The molecular weight excluding hydrogens is 362 g/mol. The number of rotatable bonds is 6. The van der Waals surface area contributed by atoms with E-state index in [-0.39, 0.29) is 10.8 Å². The third kappa shape index (κ3) is 3.42. The molecule has 0 fully saturated rings. The highest BCUT2D eigenvalue weighted by Gasteiger charge is 2.23. The fourth-order valence-corrected chi connectivity index (χ4v) is 4.93. The molecule has 0 radical (unpaired) electrons. The van der Waals surface area contributed by atoms with Gasteiger partial charge in [-0.05, 0) is 24.3 Å². The number of fused-ring (bicyclic) bond motifs is 1. The Morgan fingerprint density at radius 1 is 1.24 bits per heavy atom. The Balaban J connectivity index is 1.77. The van der Waals surface area contributed by atoms with Gasteiger partial charge in [-0.25, -0.2) is 8.42 Å². The van der Waals surface area contributed by atoms with Gasteiger partial charge >= 0.3 is 0 Å². The fourth-order valence-electron chi connectivity index (χ4n) is 2.58. The van der Waals surface area contributed by atoms with Crippen molar-refractivity contribution in [2.24, 2.45) is 0 Å². The largest absolute Gasteiger partial charge is 0.290 e. The number of aromatic nitrogens is 3. The van der Waals surface area contributed by atoms with E-state index in [2.05, 4.69) is 15.5 Å². The van der Waals surface area contributed by atoms with E-state index < -0.39 is 10.0 Å². The average molecular weight is 381 g/mol. The highest BCUT2D eigenvalue weighted by Crippen LogP contribution is 2.26. The molecule has 1 aromatic heterocycles. The third-order valence-corrected chi connectivity index (χ3v) is 6.96. The van der Waals surface area contributed by atoms with Crippen LogP contribution < -0.4 is 5.32 Å². The van der Waals surface area contributed by atoms with Gasteiger partial charge in [0.05, 0.1) is 4.90 Å². The molecule has 1 amide bonds. The van der Waals surface area contributed by atoms with Crippen LogP contribution in [0.3, 0.4) is 0 Å². The summed E-state index contributed by atoms with van der Waals surface area (Å²) in [5, 5.41) is 11.5. The van der Waals surface area contributed by atoms with Crippen LogP contribution in [-0.4, -0.2) is 52.2 Å². The molecule has 0 saturated carbocycles. The van der Waals surface area contributed by atoms with Gasteiger partial charge in [0.15, 0.2) is 5.16 Å². The Labute approximate surface area is 150 Å². The van der Waals surface area contributed by atoms with Gasteiger partial charge in [0.1, 0.15) is 0 Å². The summed E-state index contributed by atoms with van der Waals surface area (Å²) in [7, 11) is -3.53. The first-order chi connectivity index (χ1) is 12.0. The standard InChI is InChI=1S/C15H19N5O3S2/c1-3-19(4-2)25(22,23)12-7-5-11(6-8-12)13(21)16-14-17-18-15-20(14)9-10-24-15/h5-8H,3-4,9-10H2,1-2H3,(H,16,17,21). The van der Waals surface area contributed by atoms with Crippen LogP contribution in [0.2, 0.25) is 0 Å². The molecule has 1 aromatic carbocycles.